The highest BCUT2D eigenvalue weighted by Gasteiger charge is 2.33. The summed E-state index contributed by atoms with van der Waals surface area (Å²) >= 11 is 0. The monoisotopic (exact) mass is 410 g/mol. The number of hydrogen-bond donors (Lipinski definition) is 4. The van der Waals surface area contributed by atoms with E-state index in [0.717, 1.165) is 43.5 Å². The molecule has 0 amide bonds. The van der Waals surface area contributed by atoms with Crippen molar-refractivity contribution in [3.05, 3.63) is 52.8 Å². The number of hydrogen-bond acceptors (Lipinski definition) is 6. The van der Waals surface area contributed by atoms with Gasteiger partial charge in [-0.15, -0.1) is 0 Å². The van der Waals surface area contributed by atoms with Crippen molar-refractivity contribution in [2.75, 3.05) is 31.6 Å². The molecule has 1 fully saturated rings. The third-order valence-corrected chi connectivity index (χ3v) is 5.95. The summed E-state index contributed by atoms with van der Waals surface area (Å²) in [7, 11) is 0. The van der Waals surface area contributed by atoms with Gasteiger partial charge in [-0.3, -0.25) is 11.5 Å². The lowest BCUT2D eigenvalue weighted by atomic mass is 10.0. The van der Waals surface area contributed by atoms with Crippen LogP contribution in [0.3, 0.4) is 0 Å². The number of unbranched alkanes of at least 4 members (excludes halogenated alkanes) is 1. The highest BCUT2D eigenvalue weighted by molar-refractivity contribution is 5.93. The summed E-state index contributed by atoms with van der Waals surface area (Å²) in [6.45, 7) is 6.37. The Hall–Kier alpha value is -2.35. The van der Waals surface area contributed by atoms with E-state index in [1.165, 1.54) is 37.1 Å². The summed E-state index contributed by atoms with van der Waals surface area (Å²) in [5.41, 5.74) is 17.8. The molecule has 0 unspecified atom stereocenters. The molecule has 7 nitrogen and oxygen atoms in total. The van der Waals surface area contributed by atoms with Crippen molar-refractivity contribution in [3.8, 4) is 0 Å². The van der Waals surface area contributed by atoms with Crippen LogP contribution in [0.25, 0.3) is 0 Å². The maximum atomic E-state index is 6.23. The Morgan fingerprint density at radius 2 is 1.87 bits per heavy atom. The number of aliphatic imine (C=N–C) groups is 1. The van der Waals surface area contributed by atoms with Crippen LogP contribution < -0.4 is 16.8 Å². The number of fused-ring (bicyclic) bond motifs is 1. The number of anilines is 1. The molecule has 0 atom stereocenters. The van der Waals surface area contributed by atoms with Crippen LogP contribution in [-0.2, 0) is 23.4 Å². The third-order valence-electron chi connectivity index (χ3n) is 5.95. The van der Waals surface area contributed by atoms with Crippen molar-refractivity contribution < 1.29 is 4.74 Å². The van der Waals surface area contributed by atoms with Gasteiger partial charge < -0.3 is 19.9 Å². The van der Waals surface area contributed by atoms with Crippen LogP contribution >= 0.6 is 0 Å². The zero-order chi connectivity index (χ0) is 21.0. The Kier molecular flexibility index (Phi) is 6.41. The topological polar surface area (TPSA) is 105 Å². The van der Waals surface area contributed by atoms with E-state index in [1.54, 1.807) is 0 Å². The number of nitrogens with zero attached hydrogens (tertiary/aromatic N) is 2. The second-order valence-electron chi connectivity index (χ2n) is 8.43. The molecule has 2 aromatic rings. The molecule has 0 bridgehead atoms. The minimum absolute atomic E-state index is 0.388. The molecule has 1 aromatic heterocycles. The Bertz CT molecular complexity index is 864. The first kappa shape index (κ1) is 20.9. The van der Waals surface area contributed by atoms with Gasteiger partial charge in [0, 0.05) is 19.2 Å². The van der Waals surface area contributed by atoms with Crippen LogP contribution in [-0.4, -0.2) is 42.1 Å². The fourth-order valence-corrected chi connectivity index (χ4v) is 4.14. The van der Waals surface area contributed by atoms with Gasteiger partial charge >= 0.3 is 0 Å². The molecule has 6 N–H and O–H groups in total. The van der Waals surface area contributed by atoms with E-state index in [2.05, 4.69) is 51.4 Å². The summed E-state index contributed by atoms with van der Waals surface area (Å²) in [6.07, 6.45) is 8.55. The molecular weight excluding hydrogens is 376 g/mol. The molecule has 1 aromatic carbocycles. The fourth-order valence-electron chi connectivity index (χ4n) is 4.14. The Labute approximate surface area is 178 Å². The Morgan fingerprint density at radius 1 is 1.13 bits per heavy atom. The molecule has 2 aliphatic heterocycles. The van der Waals surface area contributed by atoms with Crippen LogP contribution in [0.1, 0.15) is 55.0 Å². The minimum Gasteiger partial charge on any atom is -0.465 e. The summed E-state index contributed by atoms with van der Waals surface area (Å²) in [4.78, 5) is 10.1. The standard InChI is InChI=1S/C23H34N6O/c1-2-3-14-30-22-27-20-19(16-26-21(20)23(24,25)28-22)15-18-8-6-17(7-9-18)10-13-29-11-4-5-12-29/h6-9,16,26H,2-5,10-15,24-25H2,1H3,(H,27,28). The van der Waals surface area contributed by atoms with E-state index in [4.69, 9.17) is 16.2 Å². The van der Waals surface area contributed by atoms with Crippen LogP contribution in [0.5, 0.6) is 0 Å². The van der Waals surface area contributed by atoms with E-state index < -0.39 is 5.79 Å². The molecule has 1 saturated heterocycles. The number of ether oxygens (including phenoxy) is 1. The van der Waals surface area contributed by atoms with Gasteiger partial charge in [-0.1, -0.05) is 37.6 Å². The second-order valence-corrected chi connectivity index (χ2v) is 8.43. The highest BCUT2D eigenvalue weighted by Crippen LogP contribution is 2.32. The van der Waals surface area contributed by atoms with E-state index in [0.29, 0.717) is 18.3 Å². The van der Waals surface area contributed by atoms with Crippen LogP contribution in [0, 0.1) is 0 Å². The quantitative estimate of drug-likeness (QED) is 0.396. The minimum atomic E-state index is -1.32. The first-order chi connectivity index (χ1) is 14.5. The van der Waals surface area contributed by atoms with Gasteiger partial charge in [-0.05, 0) is 55.5 Å². The first-order valence-electron chi connectivity index (χ1n) is 11.1. The van der Waals surface area contributed by atoms with Crippen LogP contribution in [0.2, 0.25) is 0 Å². The summed E-state index contributed by atoms with van der Waals surface area (Å²) < 4.78 is 5.74. The maximum absolute atomic E-state index is 6.23. The van der Waals surface area contributed by atoms with Gasteiger partial charge in [-0.25, -0.2) is 0 Å². The van der Waals surface area contributed by atoms with Crippen molar-refractivity contribution in [1.29, 1.82) is 0 Å². The van der Waals surface area contributed by atoms with Crippen molar-refractivity contribution in [2.45, 2.75) is 51.2 Å². The number of nitrogens with two attached hydrogens (primary N) is 2. The molecule has 0 aliphatic carbocycles. The number of amidine groups is 1. The van der Waals surface area contributed by atoms with E-state index in [1.807, 2.05) is 6.20 Å². The predicted molar refractivity (Wildman–Crippen MR) is 121 cm³/mol. The lowest BCUT2D eigenvalue weighted by Gasteiger charge is -2.27. The molecule has 7 heteroatoms. The lowest BCUT2D eigenvalue weighted by molar-refractivity contribution is 0.284. The van der Waals surface area contributed by atoms with Crippen molar-refractivity contribution in [2.24, 2.45) is 16.5 Å². The summed E-state index contributed by atoms with van der Waals surface area (Å²) in [5.74, 6) is -1.32. The number of rotatable bonds is 8. The normalized spacial score (nSPS) is 18.0. The molecule has 30 heavy (non-hydrogen) atoms. The molecule has 2 aliphatic rings. The summed E-state index contributed by atoms with van der Waals surface area (Å²) in [5, 5.41) is 3.27. The lowest BCUT2D eigenvalue weighted by Crippen LogP contribution is -2.49. The highest BCUT2D eigenvalue weighted by atomic mass is 16.5. The van der Waals surface area contributed by atoms with Crippen LogP contribution in [0.15, 0.2) is 35.5 Å². The number of nitrogens with one attached hydrogen (secondary N) is 2. The fraction of sp³-hybridized carbons (Fsp3) is 0.522. The second kappa shape index (κ2) is 9.20. The van der Waals surface area contributed by atoms with Crippen molar-refractivity contribution >= 4 is 11.7 Å². The van der Waals surface area contributed by atoms with Gasteiger partial charge in [0.25, 0.3) is 6.02 Å². The summed E-state index contributed by atoms with van der Waals surface area (Å²) in [6, 6.07) is 9.31. The number of benzene rings is 1. The Morgan fingerprint density at radius 3 is 2.60 bits per heavy atom. The largest absolute Gasteiger partial charge is 0.465 e. The van der Waals surface area contributed by atoms with E-state index in [-0.39, 0.29) is 0 Å². The number of aromatic amines is 1. The molecular formula is C23H34N6O. The van der Waals surface area contributed by atoms with Crippen LogP contribution in [0.4, 0.5) is 5.69 Å². The van der Waals surface area contributed by atoms with Gasteiger partial charge in [0.15, 0.2) is 0 Å². The zero-order valence-electron chi connectivity index (χ0n) is 17.9. The molecule has 4 rings (SSSR count). The number of H-pyrrole nitrogens is 1. The number of likely N-dealkylation sites (tertiary alicyclic amines) is 1. The number of aromatic nitrogens is 1. The smallest absolute Gasteiger partial charge is 0.292 e. The average molecular weight is 411 g/mol. The molecule has 162 valence electrons. The molecule has 3 heterocycles. The SMILES string of the molecule is CCCCOC1=NC(N)(N)c2[nH]cc(Cc3ccc(CCN4CCCC4)cc3)c2N1. The van der Waals surface area contributed by atoms with Crippen molar-refractivity contribution in [3.63, 3.8) is 0 Å². The zero-order valence-corrected chi connectivity index (χ0v) is 17.9. The average Bonchev–Trinajstić information content (AvgIpc) is 3.38. The third kappa shape index (κ3) is 4.86. The van der Waals surface area contributed by atoms with E-state index in [9.17, 15) is 0 Å². The van der Waals surface area contributed by atoms with Crippen molar-refractivity contribution in [1.82, 2.24) is 9.88 Å². The predicted octanol–water partition coefficient (Wildman–Crippen LogP) is 2.87. The van der Waals surface area contributed by atoms with E-state index >= 15 is 0 Å². The van der Waals surface area contributed by atoms with Gasteiger partial charge in [0.1, 0.15) is 0 Å². The first-order valence-corrected chi connectivity index (χ1v) is 11.1. The maximum Gasteiger partial charge on any atom is 0.292 e. The van der Waals surface area contributed by atoms with Gasteiger partial charge in [0.05, 0.1) is 18.0 Å². The molecule has 0 radical (unpaired) electrons. The van der Waals surface area contributed by atoms with Gasteiger partial charge in [0.2, 0.25) is 5.79 Å². The van der Waals surface area contributed by atoms with Gasteiger partial charge in [-0.2, -0.15) is 4.99 Å². The molecule has 0 saturated carbocycles. The Balaban J connectivity index is 1.41. The molecule has 0 spiro atoms.